The normalized spacial score (nSPS) is 19.2. The van der Waals surface area contributed by atoms with Crippen LogP contribution in [0, 0.1) is 20.8 Å². The lowest BCUT2D eigenvalue weighted by atomic mass is 9.96. The third kappa shape index (κ3) is 3.05. The van der Waals surface area contributed by atoms with E-state index in [4.69, 9.17) is 10.2 Å². The maximum atomic E-state index is 13.1. The standard InChI is InChI=1S/C19H26N2O2.ClH/c1-11-8-9-12(2)17-16(11)13(3)18(23-17)19(22)21-10-6-5-7-15(21)14(4)20;/h8-9,14-15H,5-7,10,20H2,1-4H3;1H. The van der Waals surface area contributed by atoms with Crippen molar-refractivity contribution in [3.63, 3.8) is 0 Å². The average Bonchev–Trinajstić information content (AvgIpc) is 2.89. The molecule has 2 heterocycles. The highest BCUT2D eigenvalue weighted by Crippen LogP contribution is 2.32. The molecule has 5 heteroatoms. The van der Waals surface area contributed by atoms with E-state index >= 15 is 0 Å². The van der Waals surface area contributed by atoms with E-state index in [1.165, 1.54) is 0 Å². The van der Waals surface area contributed by atoms with Gasteiger partial charge in [-0.3, -0.25) is 4.79 Å². The molecule has 2 atom stereocenters. The molecule has 0 bridgehead atoms. The Bertz CT molecular complexity index is 751. The number of hydrogen-bond acceptors (Lipinski definition) is 3. The Morgan fingerprint density at radius 2 is 1.92 bits per heavy atom. The number of piperidine rings is 1. The number of amides is 1. The van der Waals surface area contributed by atoms with Crippen molar-refractivity contribution in [2.75, 3.05) is 6.54 Å². The minimum absolute atomic E-state index is 0. The summed E-state index contributed by atoms with van der Waals surface area (Å²) in [6, 6.07) is 4.21. The molecule has 24 heavy (non-hydrogen) atoms. The van der Waals surface area contributed by atoms with Gasteiger partial charge in [-0.1, -0.05) is 12.1 Å². The Morgan fingerprint density at radius 1 is 1.25 bits per heavy atom. The number of rotatable bonds is 2. The number of furan rings is 1. The SMILES string of the molecule is Cc1ccc(C)c2c(C)c(C(=O)N3CCCCC3C(C)N)oc12.Cl. The molecule has 1 aromatic carbocycles. The Labute approximate surface area is 149 Å². The lowest BCUT2D eigenvalue weighted by Gasteiger charge is -2.37. The highest BCUT2D eigenvalue weighted by Gasteiger charge is 2.33. The number of nitrogens with zero attached hydrogens (tertiary/aromatic N) is 1. The number of benzene rings is 1. The van der Waals surface area contributed by atoms with E-state index in [1.54, 1.807) is 0 Å². The number of fused-ring (bicyclic) bond motifs is 1. The van der Waals surface area contributed by atoms with Crippen LogP contribution >= 0.6 is 12.4 Å². The fraction of sp³-hybridized carbons (Fsp3) is 0.526. The van der Waals surface area contributed by atoms with Crippen LogP contribution in [0.1, 0.15) is 53.4 Å². The van der Waals surface area contributed by atoms with Gasteiger partial charge in [0.1, 0.15) is 5.58 Å². The number of carbonyl (C=O) groups excluding carboxylic acids is 1. The van der Waals surface area contributed by atoms with E-state index in [9.17, 15) is 4.79 Å². The number of aryl methyl sites for hydroxylation is 3. The van der Waals surface area contributed by atoms with Crippen LogP contribution in [0.2, 0.25) is 0 Å². The highest BCUT2D eigenvalue weighted by atomic mass is 35.5. The van der Waals surface area contributed by atoms with E-state index in [1.807, 2.05) is 31.7 Å². The second kappa shape index (κ2) is 7.16. The Hall–Kier alpha value is -1.52. The number of hydrogen-bond donors (Lipinski definition) is 1. The first-order valence-corrected chi connectivity index (χ1v) is 8.47. The van der Waals surface area contributed by atoms with Crippen molar-refractivity contribution in [3.05, 3.63) is 34.6 Å². The Morgan fingerprint density at radius 3 is 2.54 bits per heavy atom. The number of likely N-dealkylation sites (tertiary alicyclic amines) is 1. The molecule has 0 spiro atoms. The van der Waals surface area contributed by atoms with Gasteiger partial charge in [-0.05, 0) is 58.1 Å². The molecule has 1 amide bonds. The lowest BCUT2D eigenvalue weighted by Crippen LogP contribution is -2.51. The summed E-state index contributed by atoms with van der Waals surface area (Å²) >= 11 is 0. The maximum absolute atomic E-state index is 13.1. The van der Waals surface area contributed by atoms with Crippen LogP contribution in [0.15, 0.2) is 16.5 Å². The summed E-state index contributed by atoms with van der Waals surface area (Å²) in [5.41, 5.74) is 10.1. The maximum Gasteiger partial charge on any atom is 0.290 e. The summed E-state index contributed by atoms with van der Waals surface area (Å²) in [6.45, 7) is 8.81. The summed E-state index contributed by atoms with van der Waals surface area (Å²) in [6.07, 6.45) is 3.14. The molecule has 2 aromatic rings. The van der Waals surface area contributed by atoms with Crippen LogP contribution in [-0.4, -0.2) is 29.4 Å². The molecule has 1 fully saturated rings. The Kier molecular flexibility index (Phi) is 5.61. The van der Waals surface area contributed by atoms with Gasteiger partial charge < -0.3 is 15.1 Å². The minimum Gasteiger partial charge on any atom is -0.450 e. The minimum atomic E-state index is -0.0209. The first kappa shape index (κ1) is 18.8. The summed E-state index contributed by atoms with van der Waals surface area (Å²) < 4.78 is 6.02. The van der Waals surface area contributed by atoms with Gasteiger partial charge in [-0.25, -0.2) is 0 Å². The van der Waals surface area contributed by atoms with E-state index in [0.717, 1.165) is 53.5 Å². The Balaban J connectivity index is 0.00000208. The zero-order valence-corrected chi connectivity index (χ0v) is 15.7. The van der Waals surface area contributed by atoms with E-state index in [2.05, 4.69) is 13.0 Å². The van der Waals surface area contributed by atoms with Crippen LogP contribution in [-0.2, 0) is 0 Å². The van der Waals surface area contributed by atoms with Crippen LogP contribution in [0.4, 0.5) is 0 Å². The van der Waals surface area contributed by atoms with Gasteiger partial charge in [0.25, 0.3) is 5.91 Å². The highest BCUT2D eigenvalue weighted by molar-refractivity contribution is 6.00. The predicted molar refractivity (Wildman–Crippen MR) is 100.0 cm³/mol. The third-order valence-electron chi connectivity index (χ3n) is 5.09. The van der Waals surface area contributed by atoms with Gasteiger partial charge in [0.05, 0.1) is 0 Å². The molecule has 2 N–H and O–H groups in total. The number of nitrogens with two attached hydrogens (primary N) is 1. The van der Waals surface area contributed by atoms with Gasteiger partial charge in [-0.15, -0.1) is 12.4 Å². The van der Waals surface area contributed by atoms with Crippen LogP contribution in [0.3, 0.4) is 0 Å². The molecule has 1 saturated heterocycles. The zero-order chi connectivity index (χ0) is 16.7. The quantitative estimate of drug-likeness (QED) is 0.886. The molecule has 132 valence electrons. The number of halogens is 1. The predicted octanol–water partition coefficient (Wildman–Crippen LogP) is 4.12. The van der Waals surface area contributed by atoms with Gasteiger partial charge in [0.15, 0.2) is 5.76 Å². The van der Waals surface area contributed by atoms with E-state index in [0.29, 0.717) is 5.76 Å². The fourth-order valence-corrected chi connectivity index (χ4v) is 3.77. The van der Waals surface area contributed by atoms with Gasteiger partial charge in [-0.2, -0.15) is 0 Å². The summed E-state index contributed by atoms with van der Waals surface area (Å²) in [4.78, 5) is 15.0. The van der Waals surface area contributed by atoms with Crippen molar-refractivity contribution in [2.45, 2.75) is 59.0 Å². The largest absolute Gasteiger partial charge is 0.450 e. The van der Waals surface area contributed by atoms with Crippen LogP contribution < -0.4 is 5.73 Å². The van der Waals surface area contributed by atoms with Gasteiger partial charge >= 0.3 is 0 Å². The second-order valence-corrected chi connectivity index (χ2v) is 6.88. The van der Waals surface area contributed by atoms with Crippen molar-refractivity contribution in [1.82, 2.24) is 4.90 Å². The molecule has 1 aliphatic rings. The van der Waals surface area contributed by atoms with Crippen molar-refractivity contribution in [2.24, 2.45) is 5.73 Å². The topological polar surface area (TPSA) is 59.5 Å². The first-order valence-electron chi connectivity index (χ1n) is 8.47. The van der Waals surface area contributed by atoms with E-state index < -0.39 is 0 Å². The molecule has 0 saturated carbocycles. The average molecular weight is 351 g/mol. The van der Waals surface area contributed by atoms with Crippen molar-refractivity contribution in [3.8, 4) is 0 Å². The summed E-state index contributed by atoms with van der Waals surface area (Å²) in [7, 11) is 0. The van der Waals surface area contributed by atoms with Gasteiger partial charge in [0.2, 0.25) is 0 Å². The fourth-order valence-electron chi connectivity index (χ4n) is 3.77. The molecule has 3 rings (SSSR count). The van der Waals surface area contributed by atoms with Crippen LogP contribution in [0.5, 0.6) is 0 Å². The molecule has 0 radical (unpaired) electrons. The molecular formula is C19H27ClN2O2. The van der Waals surface area contributed by atoms with E-state index in [-0.39, 0.29) is 30.4 Å². The molecule has 0 aliphatic carbocycles. The number of carbonyl (C=O) groups is 1. The summed E-state index contributed by atoms with van der Waals surface area (Å²) in [5.74, 6) is 0.462. The monoisotopic (exact) mass is 350 g/mol. The smallest absolute Gasteiger partial charge is 0.290 e. The molecular weight excluding hydrogens is 324 g/mol. The van der Waals surface area contributed by atoms with Crippen LogP contribution in [0.25, 0.3) is 11.0 Å². The third-order valence-corrected chi connectivity index (χ3v) is 5.09. The summed E-state index contributed by atoms with van der Waals surface area (Å²) in [5, 5.41) is 1.07. The molecule has 1 aromatic heterocycles. The second-order valence-electron chi connectivity index (χ2n) is 6.88. The van der Waals surface area contributed by atoms with Crippen molar-refractivity contribution >= 4 is 29.3 Å². The molecule has 1 aliphatic heterocycles. The molecule has 2 unspecified atom stereocenters. The molecule has 4 nitrogen and oxygen atoms in total. The lowest BCUT2D eigenvalue weighted by molar-refractivity contribution is 0.0553. The zero-order valence-electron chi connectivity index (χ0n) is 14.9. The first-order chi connectivity index (χ1) is 10.9. The van der Waals surface area contributed by atoms with Gasteiger partial charge in [0, 0.05) is 29.6 Å². The van der Waals surface area contributed by atoms with Crippen molar-refractivity contribution in [1.29, 1.82) is 0 Å². The van der Waals surface area contributed by atoms with Crippen molar-refractivity contribution < 1.29 is 9.21 Å².